The fourth-order valence-electron chi connectivity index (χ4n) is 1.38. The van der Waals surface area contributed by atoms with Crippen molar-refractivity contribution in [1.29, 1.82) is 0 Å². The molecule has 0 aliphatic carbocycles. The molecule has 2 amide bonds. The molecule has 1 aromatic rings. The van der Waals surface area contributed by atoms with Gasteiger partial charge in [0.1, 0.15) is 0 Å². The summed E-state index contributed by atoms with van der Waals surface area (Å²) in [7, 11) is 0. The molecule has 0 heterocycles. The van der Waals surface area contributed by atoms with E-state index in [4.69, 9.17) is 0 Å². The summed E-state index contributed by atoms with van der Waals surface area (Å²) in [6.07, 6.45) is -5.51. The van der Waals surface area contributed by atoms with Crippen LogP contribution in [0.5, 0.6) is 0 Å². The van der Waals surface area contributed by atoms with Crippen molar-refractivity contribution in [2.75, 3.05) is 17.2 Å². The van der Waals surface area contributed by atoms with E-state index in [9.17, 15) is 22.8 Å². The van der Waals surface area contributed by atoms with Crippen LogP contribution in [0.25, 0.3) is 0 Å². The topological polar surface area (TPSA) is 67.4 Å². The van der Waals surface area contributed by atoms with E-state index in [0.717, 1.165) is 0 Å². The summed E-state index contributed by atoms with van der Waals surface area (Å²) < 4.78 is 39.8. The molecule has 0 bridgehead atoms. The van der Waals surface area contributed by atoms with Crippen molar-refractivity contribution in [3.05, 3.63) is 23.8 Å². The van der Waals surface area contributed by atoms with Gasteiger partial charge in [0.2, 0.25) is 5.91 Å². The summed E-state index contributed by atoms with van der Waals surface area (Å²) >= 11 is 0. The second kappa shape index (κ2) is 6.96. The van der Waals surface area contributed by atoms with Gasteiger partial charge in [-0.3, -0.25) is 10.1 Å². The van der Waals surface area contributed by atoms with Crippen molar-refractivity contribution in [3.8, 4) is 0 Å². The standard InChI is InChI=1S/C13H15F3N2O3/c1-3-11(19)17-9-5-4-8(2)10(6-9)18-12(20)21-7-13(14,15)16/h4-6H,3,7H2,1-2H3,(H,17,19)(H,18,20). The molecule has 2 N–H and O–H groups in total. The highest BCUT2D eigenvalue weighted by atomic mass is 19.4. The summed E-state index contributed by atoms with van der Waals surface area (Å²) in [5.41, 5.74) is 1.31. The molecule has 0 radical (unpaired) electrons. The van der Waals surface area contributed by atoms with Crippen molar-refractivity contribution in [2.24, 2.45) is 0 Å². The van der Waals surface area contributed by atoms with E-state index < -0.39 is 18.9 Å². The van der Waals surface area contributed by atoms with Gasteiger partial charge in [-0.15, -0.1) is 0 Å². The van der Waals surface area contributed by atoms with Gasteiger partial charge in [0.25, 0.3) is 0 Å². The van der Waals surface area contributed by atoms with Gasteiger partial charge in [0, 0.05) is 17.8 Å². The molecule has 0 atom stereocenters. The molecule has 0 aliphatic rings. The van der Waals surface area contributed by atoms with Gasteiger partial charge in [-0.05, 0) is 24.6 Å². The van der Waals surface area contributed by atoms with Crippen molar-refractivity contribution in [2.45, 2.75) is 26.4 Å². The number of hydrogen-bond donors (Lipinski definition) is 2. The minimum Gasteiger partial charge on any atom is -0.440 e. The maximum atomic E-state index is 11.9. The van der Waals surface area contributed by atoms with Gasteiger partial charge < -0.3 is 10.1 Å². The van der Waals surface area contributed by atoms with Gasteiger partial charge >= 0.3 is 12.3 Å². The van der Waals surface area contributed by atoms with Crippen LogP contribution in [0.4, 0.5) is 29.3 Å². The number of anilines is 2. The van der Waals surface area contributed by atoms with Gasteiger partial charge in [0.05, 0.1) is 0 Å². The Labute approximate surface area is 119 Å². The van der Waals surface area contributed by atoms with Crippen LogP contribution in [0.15, 0.2) is 18.2 Å². The van der Waals surface area contributed by atoms with Crippen molar-refractivity contribution in [1.82, 2.24) is 0 Å². The first-order chi connectivity index (χ1) is 9.71. The lowest BCUT2D eigenvalue weighted by Crippen LogP contribution is -2.23. The largest absolute Gasteiger partial charge is 0.440 e. The molecule has 0 saturated carbocycles. The predicted molar refractivity (Wildman–Crippen MR) is 71.1 cm³/mol. The first kappa shape index (κ1) is 16.8. The SMILES string of the molecule is CCC(=O)Nc1ccc(C)c(NC(=O)OCC(F)(F)F)c1. The number of alkyl halides is 3. The summed E-state index contributed by atoms with van der Waals surface area (Å²) in [6.45, 7) is 1.67. The number of nitrogens with one attached hydrogen (secondary N) is 2. The third-order valence-corrected chi connectivity index (χ3v) is 2.45. The number of carbonyl (C=O) groups excluding carboxylic acids is 2. The predicted octanol–water partition coefficient (Wildman–Crippen LogP) is 3.45. The van der Waals surface area contributed by atoms with E-state index >= 15 is 0 Å². The van der Waals surface area contributed by atoms with Crippen molar-refractivity contribution < 1.29 is 27.5 Å². The molecule has 116 valence electrons. The smallest absolute Gasteiger partial charge is 0.422 e. The maximum Gasteiger partial charge on any atom is 0.422 e. The summed E-state index contributed by atoms with van der Waals surface area (Å²) in [4.78, 5) is 22.5. The number of hydrogen-bond acceptors (Lipinski definition) is 3. The Morgan fingerprint density at radius 2 is 1.90 bits per heavy atom. The number of carbonyl (C=O) groups is 2. The van der Waals surface area contributed by atoms with Crippen LogP contribution < -0.4 is 10.6 Å². The Bertz CT molecular complexity index is 530. The zero-order valence-corrected chi connectivity index (χ0v) is 11.5. The molecule has 0 aromatic heterocycles. The summed E-state index contributed by atoms with van der Waals surface area (Å²) in [5.74, 6) is -0.218. The lowest BCUT2D eigenvalue weighted by atomic mass is 10.2. The first-order valence-corrected chi connectivity index (χ1v) is 6.12. The molecule has 5 nitrogen and oxygen atoms in total. The number of aryl methyl sites for hydroxylation is 1. The second-order valence-corrected chi connectivity index (χ2v) is 4.25. The van der Waals surface area contributed by atoms with Gasteiger partial charge in [-0.1, -0.05) is 13.0 Å². The average Bonchev–Trinajstić information content (AvgIpc) is 2.39. The van der Waals surface area contributed by atoms with Crippen LogP contribution in [0.2, 0.25) is 0 Å². The molecule has 21 heavy (non-hydrogen) atoms. The molecule has 0 aliphatic heterocycles. The molecule has 0 saturated heterocycles. The fourth-order valence-corrected chi connectivity index (χ4v) is 1.38. The van der Waals surface area contributed by atoms with E-state index in [1.807, 2.05) is 0 Å². The summed E-state index contributed by atoms with van der Waals surface area (Å²) in [6, 6.07) is 4.68. The highest BCUT2D eigenvalue weighted by molar-refractivity contribution is 5.92. The van der Waals surface area contributed by atoms with Crippen LogP contribution in [0, 0.1) is 6.92 Å². The average molecular weight is 304 g/mol. The Balaban J connectivity index is 2.71. The number of amides is 2. The quantitative estimate of drug-likeness (QED) is 0.895. The third kappa shape index (κ3) is 6.15. The molecule has 0 fully saturated rings. The van der Waals surface area contributed by atoms with E-state index in [1.54, 1.807) is 26.0 Å². The Morgan fingerprint density at radius 1 is 1.24 bits per heavy atom. The van der Waals surface area contributed by atoms with Crippen LogP contribution in [-0.4, -0.2) is 24.8 Å². The number of ether oxygens (including phenoxy) is 1. The van der Waals surface area contributed by atoms with Crippen molar-refractivity contribution in [3.63, 3.8) is 0 Å². The molecule has 8 heteroatoms. The molecule has 1 aromatic carbocycles. The summed E-state index contributed by atoms with van der Waals surface area (Å²) in [5, 5.41) is 4.78. The monoisotopic (exact) mass is 304 g/mol. The maximum absolute atomic E-state index is 11.9. The van der Waals surface area contributed by atoms with Gasteiger partial charge in [-0.2, -0.15) is 13.2 Å². The van der Waals surface area contributed by atoms with Crippen LogP contribution in [0.3, 0.4) is 0 Å². The molecular weight excluding hydrogens is 289 g/mol. The lowest BCUT2D eigenvalue weighted by Gasteiger charge is -2.12. The minimum atomic E-state index is -4.58. The lowest BCUT2D eigenvalue weighted by molar-refractivity contribution is -0.159. The molecule has 0 unspecified atom stereocenters. The third-order valence-electron chi connectivity index (χ3n) is 2.45. The van der Waals surface area contributed by atoms with E-state index in [0.29, 0.717) is 11.3 Å². The fraction of sp³-hybridized carbons (Fsp3) is 0.385. The van der Waals surface area contributed by atoms with Crippen LogP contribution in [-0.2, 0) is 9.53 Å². The molecular formula is C13H15F3N2O3. The molecule has 0 spiro atoms. The minimum absolute atomic E-state index is 0.218. The zero-order valence-electron chi connectivity index (χ0n) is 11.5. The van der Waals surface area contributed by atoms with Crippen molar-refractivity contribution >= 4 is 23.4 Å². The number of halogens is 3. The van der Waals surface area contributed by atoms with Gasteiger partial charge in [-0.25, -0.2) is 4.79 Å². The highest BCUT2D eigenvalue weighted by Crippen LogP contribution is 2.21. The molecule has 1 rings (SSSR count). The Hall–Kier alpha value is -2.25. The number of rotatable bonds is 4. The normalized spacial score (nSPS) is 10.9. The van der Waals surface area contributed by atoms with Gasteiger partial charge in [0.15, 0.2) is 6.61 Å². The zero-order chi connectivity index (χ0) is 16.0. The highest BCUT2D eigenvalue weighted by Gasteiger charge is 2.29. The van der Waals surface area contributed by atoms with Crippen LogP contribution >= 0.6 is 0 Å². The Morgan fingerprint density at radius 3 is 2.48 bits per heavy atom. The van der Waals surface area contributed by atoms with E-state index in [1.165, 1.54) is 6.07 Å². The van der Waals surface area contributed by atoms with Crippen LogP contribution in [0.1, 0.15) is 18.9 Å². The Kier molecular flexibility index (Phi) is 5.57. The van der Waals surface area contributed by atoms with E-state index in [2.05, 4.69) is 15.4 Å². The van der Waals surface area contributed by atoms with E-state index in [-0.39, 0.29) is 18.0 Å². The number of benzene rings is 1. The first-order valence-electron chi connectivity index (χ1n) is 6.12. The second-order valence-electron chi connectivity index (χ2n) is 4.25.